The SMILES string of the molecule is Cc1nc2ccc(C3(O)CCN(C(=O)OC(C)(C)C)CC3)cc2cc1C1CCC(=O)NC1=O. The molecule has 2 aliphatic heterocycles. The molecule has 2 aromatic rings. The number of aryl methyl sites for hydroxylation is 1. The fourth-order valence-corrected chi connectivity index (χ4v) is 4.60. The Morgan fingerprint density at radius 3 is 2.55 bits per heavy atom. The molecular formula is C25H31N3O5. The number of hydrogen-bond donors (Lipinski definition) is 2. The zero-order valence-electron chi connectivity index (χ0n) is 19.6. The number of aliphatic hydroxyl groups is 1. The van der Waals surface area contributed by atoms with Crippen molar-refractivity contribution in [3.8, 4) is 0 Å². The van der Waals surface area contributed by atoms with E-state index in [0.717, 1.165) is 27.7 Å². The van der Waals surface area contributed by atoms with Crippen molar-refractivity contribution in [2.24, 2.45) is 0 Å². The number of amides is 3. The van der Waals surface area contributed by atoms with E-state index in [2.05, 4.69) is 10.3 Å². The number of benzene rings is 1. The van der Waals surface area contributed by atoms with Gasteiger partial charge in [-0.25, -0.2) is 4.79 Å². The average molecular weight is 454 g/mol. The van der Waals surface area contributed by atoms with E-state index in [1.165, 1.54) is 0 Å². The first-order valence-electron chi connectivity index (χ1n) is 11.4. The molecule has 176 valence electrons. The molecule has 1 atom stereocenters. The highest BCUT2D eigenvalue weighted by Crippen LogP contribution is 2.36. The second-order valence-electron chi connectivity index (χ2n) is 10.1. The van der Waals surface area contributed by atoms with Crippen LogP contribution >= 0.6 is 0 Å². The molecule has 0 aliphatic carbocycles. The monoisotopic (exact) mass is 453 g/mol. The summed E-state index contributed by atoms with van der Waals surface area (Å²) in [5.41, 5.74) is 1.48. The lowest BCUT2D eigenvalue weighted by Gasteiger charge is -2.39. The Morgan fingerprint density at radius 2 is 1.91 bits per heavy atom. The number of pyridine rings is 1. The van der Waals surface area contributed by atoms with Crippen molar-refractivity contribution in [1.29, 1.82) is 0 Å². The van der Waals surface area contributed by atoms with Gasteiger partial charge < -0.3 is 14.7 Å². The van der Waals surface area contributed by atoms with E-state index in [-0.39, 0.29) is 17.9 Å². The minimum Gasteiger partial charge on any atom is -0.444 e. The first-order chi connectivity index (χ1) is 15.4. The molecule has 2 N–H and O–H groups in total. The largest absolute Gasteiger partial charge is 0.444 e. The van der Waals surface area contributed by atoms with Gasteiger partial charge in [0.05, 0.1) is 17.0 Å². The summed E-state index contributed by atoms with van der Waals surface area (Å²) >= 11 is 0. The first kappa shape index (κ1) is 23.2. The molecule has 0 spiro atoms. The summed E-state index contributed by atoms with van der Waals surface area (Å²) in [5, 5.41) is 14.6. The van der Waals surface area contributed by atoms with Crippen LogP contribution in [0, 0.1) is 6.92 Å². The summed E-state index contributed by atoms with van der Waals surface area (Å²) in [6, 6.07) is 7.62. The highest BCUT2D eigenvalue weighted by Gasteiger charge is 2.37. The Labute approximate surface area is 193 Å². The van der Waals surface area contributed by atoms with Crippen molar-refractivity contribution in [3.63, 3.8) is 0 Å². The maximum Gasteiger partial charge on any atom is 0.410 e. The first-order valence-corrected chi connectivity index (χ1v) is 11.4. The molecule has 2 saturated heterocycles. The normalized spacial score (nSPS) is 21.1. The van der Waals surface area contributed by atoms with Gasteiger partial charge in [0.2, 0.25) is 11.8 Å². The number of carbonyl (C=O) groups excluding carboxylic acids is 3. The van der Waals surface area contributed by atoms with Gasteiger partial charge in [-0.3, -0.25) is 19.9 Å². The van der Waals surface area contributed by atoms with E-state index in [9.17, 15) is 19.5 Å². The van der Waals surface area contributed by atoms with Gasteiger partial charge in [-0.05, 0) is 76.3 Å². The van der Waals surface area contributed by atoms with Gasteiger partial charge >= 0.3 is 6.09 Å². The standard InChI is InChI=1S/C25H31N3O5/c1-15-19(18-6-8-21(29)27-22(18)30)14-16-13-17(5-7-20(16)26-15)25(32)9-11-28(12-10-25)23(31)33-24(2,3)4/h5,7,13-14,18,32H,6,8-12H2,1-4H3,(H,27,29,30). The summed E-state index contributed by atoms with van der Waals surface area (Å²) in [7, 11) is 0. The van der Waals surface area contributed by atoms with Gasteiger partial charge in [0.1, 0.15) is 5.60 Å². The second kappa shape index (κ2) is 8.41. The van der Waals surface area contributed by atoms with Crippen molar-refractivity contribution in [1.82, 2.24) is 15.2 Å². The number of nitrogens with zero attached hydrogens (tertiary/aromatic N) is 2. The molecular weight excluding hydrogens is 422 g/mol. The summed E-state index contributed by atoms with van der Waals surface area (Å²) in [5.74, 6) is -0.951. The molecule has 8 heteroatoms. The highest BCUT2D eigenvalue weighted by atomic mass is 16.6. The Morgan fingerprint density at radius 1 is 1.21 bits per heavy atom. The van der Waals surface area contributed by atoms with E-state index in [1.54, 1.807) is 4.90 Å². The number of ether oxygens (including phenoxy) is 1. The number of hydrogen-bond acceptors (Lipinski definition) is 6. The predicted octanol–water partition coefficient (Wildman–Crippen LogP) is 3.28. The van der Waals surface area contributed by atoms with Crippen LogP contribution in [0.15, 0.2) is 24.3 Å². The molecule has 4 rings (SSSR count). The molecule has 2 fully saturated rings. The number of rotatable bonds is 2. The number of fused-ring (bicyclic) bond motifs is 1. The minimum atomic E-state index is -1.06. The number of piperidine rings is 2. The van der Waals surface area contributed by atoms with Gasteiger partial charge in [0, 0.05) is 30.6 Å². The molecule has 8 nitrogen and oxygen atoms in total. The number of aromatic nitrogens is 1. The van der Waals surface area contributed by atoms with Crippen molar-refractivity contribution >= 4 is 28.8 Å². The fourth-order valence-electron chi connectivity index (χ4n) is 4.60. The number of imide groups is 1. The van der Waals surface area contributed by atoms with E-state index in [1.807, 2.05) is 52.0 Å². The lowest BCUT2D eigenvalue weighted by Crippen LogP contribution is -2.46. The van der Waals surface area contributed by atoms with Crippen LogP contribution in [0.5, 0.6) is 0 Å². The molecule has 0 saturated carbocycles. The van der Waals surface area contributed by atoms with Crippen molar-refractivity contribution in [2.75, 3.05) is 13.1 Å². The van der Waals surface area contributed by atoms with Crippen LogP contribution in [0.2, 0.25) is 0 Å². The van der Waals surface area contributed by atoms with Crippen LogP contribution < -0.4 is 5.32 Å². The molecule has 2 aliphatic rings. The fraction of sp³-hybridized carbons (Fsp3) is 0.520. The third-order valence-corrected chi connectivity index (χ3v) is 6.44. The van der Waals surface area contributed by atoms with Crippen LogP contribution in [-0.2, 0) is 19.9 Å². The molecule has 33 heavy (non-hydrogen) atoms. The number of nitrogens with one attached hydrogen (secondary N) is 1. The number of likely N-dealkylation sites (tertiary alicyclic amines) is 1. The van der Waals surface area contributed by atoms with Gasteiger partial charge in [-0.2, -0.15) is 0 Å². The van der Waals surface area contributed by atoms with Crippen LogP contribution in [0.3, 0.4) is 0 Å². The Balaban J connectivity index is 1.56. The van der Waals surface area contributed by atoms with Crippen LogP contribution in [0.1, 0.15) is 69.2 Å². The maximum absolute atomic E-state index is 12.4. The lowest BCUT2D eigenvalue weighted by atomic mass is 9.83. The summed E-state index contributed by atoms with van der Waals surface area (Å²) < 4.78 is 5.45. The molecule has 1 aromatic heterocycles. The Kier molecular flexibility index (Phi) is 5.90. The van der Waals surface area contributed by atoms with Gasteiger partial charge in [-0.15, -0.1) is 0 Å². The van der Waals surface area contributed by atoms with E-state index in [4.69, 9.17) is 4.74 Å². The average Bonchev–Trinajstić information content (AvgIpc) is 2.72. The second-order valence-corrected chi connectivity index (χ2v) is 10.1. The summed E-state index contributed by atoms with van der Waals surface area (Å²) in [4.78, 5) is 42.6. The minimum absolute atomic E-state index is 0.245. The molecule has 0 radical (unpaired) electrons. The van der Waals surface area contributed by atoms with Crippen molar-refractivity contribution in [3.05, 3.63) is 41.1 Å². The molecule has 1 unspecified atom stereocenters. The summed E-state index contributed by atoms with van der Waals surface area (Å²) in [6.45, 7) is 8.16. The van der Waals surface area contributed by atoms with Crippen molar-refractivity contribution in [2.45, 2.75) is 70.5 Å². The molecule has 3 amide bonds. The van der Waals surface area contributed by atoms with Gasteiger partial charge in [0.15, 0.2) is 0 Å². The zero-order valence-corrected chi connectivity index (χ0v) is 19.6. The Bertz CT molecular complexity index is 1110. The van der Waals surface area contributed by atoms with E-state index >= 15 is 0 Å². The van der Waals surface area contributed by atoms with E-state index in [0.29, 0.717) is 38.8 Å². The highest BCUT2D eigenvalue weighted by molar-refractivity contribution is 6.01. The van der Waals surface area contributed by atoms with Gasteiger partial charge in [0.25, 0.3) is 0 Å². The zero-order chi connectivity index (χ0) is 24.0. The van der Waals surface area contributed by atoms with Crippen LogP contribution in [-0.4, -0.2) is 51.6 Å². The third-order valence-electron chi connectivity index (χ3n) is 6.44. The Hall–Kier alpha value is -3.00. The topological polar surface area (TPSA) is 109 Å². The van der Waals surface area contributed by atoms with Crippen molar-refractivity contribution < 1.29 is 24.2 Å². The molecule has 1 aromatic carbocycles. The van der Waals surface area contributed by atoms with Crippen LogP contribution in [0.4, 0.5) is 4.79 Å². The third kappa shape index (κ3) is 4.85. The smallest absolute Gasteiger partial charge is 0.410 e. The predicted molar refractivity (Wildman–Crippen MR) is 123 cm³/mol. The number of carbonyl (C=O) groups is 3. The lowest BCUT2D eigenvalue weighted by molar-refractivity contribution is -0.134. The molecule has 0 bridgehead atoms. The molecule has 3 heterocycles. The van der Waals surface area contributed by atoms with E-state index < -0.39 is 17.1 Å². The summed E-state index contributed by atoms with van der Waals surface area (Å²) in [6.07, 6.45) is 1.20. The maximum atomic E-state index is 12.4. The quantitative estimate of drug-likeness (QED) is 0.676. The van der Waals surface area contributed by atoms with Crippen LogP contribution in [0.25, 0.3) is 10.9 Å². The van der Waals surface area contributed by atoms with Gasteiger partial charge in [-0.1, -0.05) is 6.07 Å².